The highest BCUT2D eigenvalue weighted by Gasteiger charge is 2.21. The zero-order chi connectivity index (χ0) is 16.8. The van der Waals surface area contributed by atoms with Crippen LogP contribution in [0.2, 0.25) is 10.0 Å². The maximum atomic E-state index is 12.4. The van der Waals surface area contributed by atoms with E-state index in [-0.39, 0.29) is 21.0 Å². The molecule has 0 aromatic heterocycles. The molecule has 1 aromatic carbocycles. The summed E-state index contributed by atoms with van der Waals surface area (Å²) in [7, 11) is -3.65. The summed E-state index contributed by atoms with van der Waals surface area (Å²) in [6, 6.07) is 4.44. The van der Waals surface area contributed by atoms with Gasteiger partial charge in [0, 0.05) is 6.04 Å². The second-order valence-corrected chi connectivity index (χ2v) is 7.71. The van der Waals surface area contributed by atoms with E-state index in [0.717, 1.165) is 32.5 Å². The molecule has 1 rings (SSSR count). The monoisotopic (exact) mass is 366 g/mol. The first-order valence-electron chi connectivity index (χ1n) is 7.50. The maximum absolute atomic E-state index is 12.4. The summed E-state index contributed by atoms with van der Waals surface area (Å²) < 4.78 is 27.4. The topological polar surface area (TPSA) is 49.4 Å². The lowest BCUT2D eigenvalue weighted by molar-refractivity contribution is 0.293. The predicted octanol–water partition coefficient (Wildman–Crippen LogP) is 3.78. The van der Waals surface area contributed by atoms with Crippen LogP contribution in [0.4, 0.5) is 0 Å². The zero-order valence-electron chi connectivity index (χ0n) is 13.3. The summed E-state index contributed by atoms with van der Waals surface area (Å²) in [6.07, 6.45) is 1.71. The minimum absolute atomic E-state index is 0.0252. The van der Waals surface area contributed by atoms with Crippen molar-refractivity contribution in [1.82, 2.24) is 9.62 Å². The van der Waals surface area contributed by atoms with E-state index in [9.17, 15) is 8.42 Å². The number of hydrogen-bond acceptors (Lipinski definition) is 3. The molecule has 1 atom stereocenters. The van der Waals surface area contributed by atoms with E-state index in [1.165, 1.54) is 6.07 Å². The molecule has 22 heavy (non-hydrogen) atoms. The van der Waals surface area contributed by atoms with Crippen molar-refractivity contribution < 1.29 is 8.42 Å². The van der Waals surface area contributed by atoms with Crippen molar-refractivity contribution in [3.8, 4) is 0 Å². The van der Waals surface area contributed by atoms with Crippen LogP contribution >= 0.6 is 23.2 Å². The molecule has 1 N–H and O–H groups in total. The Kier molecular flexibility index (Phi) is 8.14. The Morgan fingerprint density at radius 3 is 2.45 bits per heavy atom. The van der Waals surface area contributed by atoms with E-state index in [1.54, 1.807) is 12.1 Å². The molecule has 0 amide bonds. The van der Waals surface area contributed by atoms with Crippen LogP contribution in [0, 0.1) is 0 Å². The first-order valence-corrected chi connectivity index (χ1v) is 9.74. The predicted molar refractivity (Wildman–Crippen MR) is 93.3 cm³/mol. The van der Waals surface area contributed by atoms with Gasteiger partial charge in [-0.2, -0.15) is 0 Å². The highest BCUT2D eigenvalue weighted by Crippen LogP contribution is 2.28. The van der Waals surface area contributed by atoms with Gasteiger partial charge in [0.15, 0.2) is 0 Å². The Hall–Kier alpha value is -0.330. The van der Waals surface area contributed by atoms with Crippen LogP contribution in [-0.2, 0) is 10.0 Å². The van der Waals surface area contributed by atoms with Gasteiger partial charge in [0.1, 0.15) is 4.90 Å². The lowest BCUT2D eigenvalue weighted by Crippen LogP contribution is -2.33. The molecule has 0 saturated carbocycles. The van der Waals surface area contributed by atoms with E-state index in [4.69, 9.17) is 23.2 Å². The van der Waals surface area contributed by atoms with Gasteiger partial charge >= 0.3 is 0 Å². The molecule has 7 heteroatoms. The highest BCUT2D eigenvalue weighted by molar-refractivity contribution is 7.89. The summed E-state index contributed by atoms with van der Waals surface area (Å²) in [5.41, 5.74) is 0. The number of hydrogen-bond donors (Lipinski definition) is 1. The van der Waals surface area contributed by atoms with Gasteiger partial charge in [0.25, 0.3) is 0 Å². The lowest BCUT2D eigenvalue weighted by atomic mass is 10.2. The van der Waals surface area contributed by atoms with Crippen LogP contribution in [0.1, 0.15) is 33.6 Å². The van der Waals surface area contributed by atoms with Gasteiger partial charge in [0.2, 0.25) is 10.0 Å². The van der Waals surface area contributed by atoms with Crippen molar-refractivity contribution in [1.29, 1.82) is 0 Å². The fraction of sp³-hybridized carbons (Fsp3) is 0.600. The lowest BCUT2D eigenvalue weighted by Gasteiger charge is -2.20. The van der Waals surface area contributed by atoms with Crippen molar-refractivity contribution in [3.63, 3.8) is 0 Å². The molecule has 0 aliphatic heterocycles. The molecule has 0 aliphatic carbocycles. The second kappa shape index (κ2) is 9.08. The molecule has 0 saturated heterocycles. The van der Waals surface area contributed by atoms with Gasteiger partial charge in [-0.15, -0.1) is 0 Å². The van der Waals surface area contributed by atoms with Crippen LogP contribution in [-0.4, -0.2) is 39.0 Å². The smallest absolute Gasteiger partial charge is 0.242 e. The van der Waals surface area contributed by atoms with Gasteiger partial charge < -0.3 is 4.90 Å². The van der Waals surface area contributed by atoms with E-state index in [1.807, 2.05) is 6.92 Å². The first-order chi connectivity index (χ1) is 10.3. The van der Waals surface area contributed by atoms with E-state index in [0.29, 0.717) is 0 Å². The van der Waals surface area contributed by atoms with E-state index >= 15 is 0 Å². The van der Waals surface area contributed by atoms with Crippen molar-refractivity contribution in [2.75, 3.05) is 19.6 Å². The van der Waals surface area contributed by atoms with Gasteiger partial charge in [0.05, 0.1) is 10.0 Å². The van der Waals surface area contributed by atoms with Gasteiger partial charge in [-0.1, -0.05) is 43.1 Å². The Morgan fingerprint density at radius 1 is 1.23 bits per heavy atom. The SMILES string of the molecule is CCN(CC)CCC[C@@H](C)NS(=O)(=O)c1cccc(Cl)c1Cl. The van der Waals surface area contributed by atoms with Crippen molar-refractivity contribution >= 4 is 33.2 Å². The third kappa shape index (κ3) is 5.70. The highest BCUT2D eigenvalue weighted by atomic mass is 35.5. The molecule has 0 unspecified atom stereocenters. The van der Waals surface area contributed by atoms with Crippen molar-refractivity contribution in [2.24, 2.45) is 0 Å². The molecule has 0 bridgehead atoms. The number of sulfonamides is 1. The molecule has 126 valence electrons. The molecule has 0 fully saturated rings. The zero-order valence-corrected chi connectivity index (χ0v) is 15.6. The molecule has 0 heterocycles. The Morgan fingerprint density at radius 2 is 1.86 bits per heavy atom. The third-order valence-electron chi connectivity index (χ3n) is 3.57. The quantitative estimate of drug-likeness (QED) is 0.723. The number of benzene rings is 1. The number of nitrogens with zero attached hydrogens (tertiary/aromatic N) is 1. The standard InChI is InChI=1S/C15H24Cl2N2O2S/c1-4-19(5-2)11-7-8-12(3)18-22(20,21)14-10-6-9-13(16)15(14)17/h6,9-10,12,18H,4-5,7-8,11H2,1-3H3/t12-/m1/s1. The average molecular weight is 367 g/mol. The molecule has 1 aromatic rings. The summed E-state index contributed by atoms with van der Waals surface area (Å²) in [5.74, 6) is 0. The molecule has 0 radical (unpaired) electrons. The second-order valence-electron chi connectivity index (χ2n) is 5.24. The van der Waals surface area contributed by atoms with Crippen LogP contribution in [0.3, 0.4) is 0 Å². The largest absolute Gasteiger partial charge is 0.304 e. The molecule has 0 spiro atoms. The molecular formula is C15H24Cl2N2O2S. The van der Waals surface area contributed by atoms with Crippen LogP contribution in [0.25, 0.3) is 0 Å². The Bertz CT molecular complexity index is 575. The third-order valence-corrected chi connectivity index (χ3v) is 6.13. The fourth-order valence-electron chi connectivity index (χ4n) is 2.24. The average Bonchev–Trinajstić information content (AvgIpc) is 2.45. The van der Waals surface area contributed by atoms with Gasteiger partial charge in [-0.05, 0) is 51.5 Å². The number of rotatable bonds is 9. The van der Waals surface area contributed by atoms with Gasteiger partial charge in [-0.25, -0.2) is 13.1 Å². The number of nitrogens with one attached hydrogen (secondary N) is 1. The number of halogens is 2. The minimum atomic E-state index is -3.65. The van der Waals surface area contributed by atoms with Crippen molar-refractivity contribution in [3.05, 3.63) is 28.2 Å². The molecular weight excluding hydrogens is 343 g/mol. The van der Waals surface area contributed by atoms with Crippen LogP contribution < -0.4 is 4.72 Å². The van der Waals surface area contributed by atoms with Crippen LogP contribution in [0.5, 0.6) is 0 Å². The first kappa shape index (κ1) is 19.7. The summed E-state index contributed by atoms with van der Waals surface area (Å²) in [5, 5.41) is 0.297. The molecule has 0 aliphatic rings. The summed E-state index contributed by atoms with van der Waals surface area (Å²) in [6.45, 7) is 9.09. The van der Waals surface area contributed by atoms with E-state index < -0.39 is 10.0 Å². The summed E-state index contributed by atoms with van der Waals surface area (Å²) >= 11 is 11.9. The van der Waals surface area contributed by atoms with E-state index in [2.05, 4.69) is 23.5 Å². The Labute approximate surface area is 143 Å². The Balaban J connectivity index is 2.63. The maximum Gasteiger partial charge on any atom is 0.242 e. The van der Waals surface area contributed by atoms with Crippen molar-refractivity contribution in [2.45, 2.75) is 44.6 Å². The van der Waals surface area contributed by atoms with Crippen LogP contribution in [0.15, 0.2) is 23.1 Å². The fourth-order valence-corrected chi connectivity index (χ4v) is 4.28. The minimum Gasteiger partial charge on any atom is -0.304 e. The normalized spacial score (nSPS) is 13.5. The summed E-state index contributed by atoms with van der Waals surface area (Å²) in [4.78, 5) is 2.34. The molecule has 4 nitrogen and oxygen atoms in total. The van der Waals surface area contributed by atoms with Gasteiger partial charge in [-0.3, -0.25) is 0 Å².